The number of pyridine rings is 1. The summed E-state index contributed by atoms with van der Waals surface area (Å²) in [6, 6.07) is 14.1. The van der Waals surface area contributed by atoms with E-state index < -0.39 is 0 Å². The van der Waals surface area contributed by atoms with E-state index >= 15 is 0 Å². The summed E-state index contributed by atoms with van der Waals surface area (Å²) in [5.41, 5.74) is 2.69. The fourth-order valence-corrected chi connectivity index (χ4v) is 5.18. The fourth-order valence-electron chi connectivity index (χ4n) is 3.42. The minimum Gasteiger partial charge on any atom is -0.344 e. The Balaban J connectivity index is 1.22. The van der Waals surface area contributed by atoms with Crippen LogP contribution in [0.1, 0.15) is 21.1 Å². The van der Waals surface area contributed by atoms with E-state index in [0.29, 0.717) is 18.8 Å². The largest absolute Gasteiger partial charge is 0.344 e. The van der Waals surface area contributed by atoms with Crippen LogP contribution in [0, 0.1) is 0 Å². The molecule has 0 unspecified atom stereocenters. The van der Waals surface area contributed by atoms with Crippen LogP contribution in [0.15, 0.2) is 54.0 Å². The van der Waals surface area contributed by atoms with Crippen LogP contribution in [0.25, 0.3) is 10.3 Å². The highest BCUT2D eigenvalue weighted by Gasteiger charge is 2.25. The van der Waals surface area contributed by atoms with Crippen LogP contribution in [-0.2, 0) is 6.42 Å². The number of aromatic nitrogens is 3. The maximum absolute atomic E-state index is 12.9. The molecule has 8 heteroatoms. The molecule has 4 aromatic rings. The second kappa shape index (κ2) is 7.88. The summed E-state index contributed by atoms with van der Waals surface area (Å²) in [6.45, 7) is 2.89. The van der Waals surface area contributed by atoms with Crippen LogP contribution in [0.4, 0.5) is 5.13 Å². The van der Waals surface area contributed by atoms with Crippen molar-refractivity contribution in [1.82, 2.24) is 19.9 Å². The molecule has 146 valence electrons. The molecule has 0 radical (unpaired) electrons. The first-order chi connectivity index (χ1) is 14.3. The molecule has 0 N–H and O–H groups in total. The third-order valence-corrected chi connectivity index (χ3v) is 6.85. The van der Waals surface area contributed by atoms with E-state index in [0.717, 1.165) is 40.0 Å². The third-order valence-electron chi connectivity index (χ3n) is 4.96. The highest BCUT2D eigenvalue weighted by Crippen LogP contribution is 2.28. The van der Waals surface area contributed by atoms with Crippen LogP contribution in [0.3, 0.4) is 0 Å². The lowest BCUT2D eigenvalue weighted by Crippen LogP contribution is -2.48. The number of hydrogen-bond acceptors (Lipinski definition) is 7. The van der Waals surface area contributed by atoms with Gasteiger partial charge in [0, 0.05) is 44.2 Å². The van der Waals surface area contributed by atoms with Gasteiger partial charge in [0.2, 0.25) is 0 Å². The lowest BCUT2D eigenvalue weighted by atomic mass is 10.2. The number of fused-ring (bicyclic) bond motifs is 1. The predicted molar refractivity (Wildman–Crippen MR) is 117 cm³/mol. The minimum absolute atomic E-state index is 0.0196. The second-order valence-corrected chi connectivity index (χ2v) is 8.79. The average Bonchev–Trinajstić information content (AvgIpc) is 3.41. The molecule has 1 saturated heterocycles. The average molecular weight is 422 g/mol. The van der Waals surface area contributed by atoms with E-state index in [4.69, 9.17) is 0 Å². The lowest BCUT2D eigenvalue weighted by Gasteiger charge is -2.34. The van der Waals surface area contributed by atoms with Crippen molar-refractivity contribution in [1.29, 1.82) is 0 Å². The molecule has 1 aliphatic rings. The van der Waals surface area contributed by atoms with Crippen LogP contribution in [0.5, 0.6) is 0 Å². The Morgan fingerprint density at radius 2 is 1.83 bits per heavy atom. The van der Waals surface area contributed by atoms with Gasteiger partial charge in [-0.1, -0.05) is 41.7 Å². The summed E-state index contributed by atoms with van der Waals surface area (Å²) in [6.07, 6.45) is 2.55. The Morgan fingerprint density at radius 1 is 1.00 bits per heavy atom. The van der Waals surface area contributed by atoms with Crippen molar-refractivity contribution in [2.75, 3.05) is 31.1 Å². The van der Waals surface area contributed by atoms with Crippen molar-refractivity contribution in [2.45, 2.75) is 6.42 Å². The van der Waals surface area contributed by atoms with Crippen LogP contribution >= 0.6 is 22.7 Å². The van der Waals surface area contributed by atoms with Crippen LogP contribution < -0.4 is 4.90 Å². The molecule has 1 aliphatic heterocycles. The van der Waals surface area contributed by atoms with E-state index in [2.05, 4.69) is 32.0 Å². The molecule has 0 spiro atoms. The van der Waals surface area contributed by atoms with Crippen molar-refractivity contribution in [3.63, 3.8) is 0 Å². The number of hydrogen-bond donors (Lipinski definition) is 0. The Hall–Kier alpha value is -2.84. The first kappa shape index (κ1) is 18.2. The molecule has 0 bridgehead atoms. The number of carbonyl (C=O) groups excluding carboxylic acids is 1. The maximum Gasteiger partial charge on any atom is 0.273 e. The molecule has 0 aliphatic carbocycles. The van der Waals surface area contributed by atoms with Gasteiger partial charge in [-0.2, -0.15) is 0 Å². The Morgan fingerprint density at radius 3 is 2.62 bits per heavy atom. The zero-order valence-corrected chi connectivity index (χ0v) is 17.3. The van der Waals surface area contributed by atoms with Gasteiger partial charge in [-0.15, -0.1) is 11.3 Å². The molecule has 0 atom stereocenters. The van der Waals surface area contributed by atoms with Crippen molar-refractivity contribution in [3.05, 3.63) is 70.3 Å². The standard InChI is InChI=1S/C21H19N5OS2/c27-20(17-14-28-18(23-17)13-15-5-2-1-3-6-15)25-9-11-26(12-10-25)21-24-16-7-4-8-22-19(16)29-21/h1-8,14H,9-13H2. The van der Waals surface area contributed by atoms with E-state index in [9.17, 15) is 4.79 Å². The van der Waals surface area contributed by atoms with Gasteiger partial charge in [-0.25, -0.2) is 15.0 Å². The fraction of sp³-hybridized carbons (Fsp3) is 0.238. The molecule has 29 heavy (non-hydrogen) atoms. The van der Waals surface area contributed by atoms with E-state index in [1.54, 1.807) is 28.9 Å². The van der Waals surface area contributed by atoms with E-state index in [1.807, 2.05) is 40.6 Å². The SMILES string of the molecule is O=C(c1csc(Cc2ccccc2)n1)N1CCN(c2nc3cccnc3s2)CC1. The normalized spacial score (nSPS) is 14.5. The van der Waals surface area contributed by atoms with Gasteiger partial charge >= 0.3 is 0 Å². The Labute approximate surface area is 176 Å². The van der Waals surface area contributed by atoms with Gasteiger partial charge in [0.1, 0.15) is 16.0 Å². The van der Waals surface area contributed by atoms with Crippen molar-refractivity contribution in [3.8, 4) is 0 Å². The van der Waals surface area contributed by atoms with Crippen molar-refractivity contribution < 1.29 is 4.79 Å². The Kier molecular flexibility index (Phi) is 4.95. The topological polar surface area (TPSA) is 62.2 Å². The molecule has 0 saturated carbocycles. The number of anilines is 1. The monoisotopic (exact) mass is 421 g/mol. The van der Waals surface area contributed by atoms with E-state index in [1.165, 1.54) is 5.56 Å². The molecular weight excluding hydrogens is 402 g/mol. The number of nitrogens with zero attached hydrogens (tertiary/aromatic N) is 5. The predicted octanol–water partition coefficient (Wildman–Crippen LogP) is 3.70. The van der Waals surface area contributed by atoms with Gasteiger partial charge in [-0.3, -0.25) is 4.79 Å². The van der Waals surface area contributed by atoms with Gasteiger partial charge in [0.05, 0.1) is 5.01 Å². The molecule has 1 aromatic carbocycles. The Bertz CT molecular complexity index is 1100. The van der Waals surface area contributed by atoms with Gasteiger partial charge < -0.3 is 9.80 Å². The van der Waals surface area contributed by atoms with Gasteiger partial charge in [-0.05, 0) is 17.7 Å². The van der Waals surface area contributed by atoms with E-state index in [-0.39, 0.29) is 5.91 Å². The first-order valence-corrected chi connectivity index (χ1v) is 11.2. The smallest absolute Gasteiger partial charge is 0.273 e. The molecule has 1 amide bonds. The molecular formula is C21H19N5OS2. The van der Waals surface area contributed by atoms with Crippen molar-refractivity contribution in [2.24, 2.45) is 0 Å². The number of piperazine rings is 1. The molecule has 6 nitrogen and oxygen atoms in total. The summed E-state index contributed by atoms with van der Waals surface area (Å²) >= 11 is 3.16. The zero-order valence-electron chi connectivity index (χ0n) is 15.7. The number of carbonyl (C=O) groups is 1. The first-order valence-electron chi connectivity index (χ1n) is 9.50. The molecule has 3 aromatic heterocycles. The number of rotatable bonds is 4. The third kappa shape index (κ3) is 3.86. The minimum atomic E-state index is 0.0196. The summed E-state index contributed by atoms with van der Waals surface area (Å²) in [5, 5.41) is 3.83. The summed E-state index contributed by atoms with van der Waals surface area (Å²) < 4.78 is 0. The zero-order chi connectivity index (χ0) is 19.6. The highest BCUT2D eigenvalue weighted by molar-refractivity contribution is 7.21. The molecule has 4 heterocycles. The van der Waals surface area contributed by atoms with Crippen molar-refractivity contribution >= 4 is 44.1 Å². The maximum atomic E-state index is 12.9. The quantitative estimate of drug-likeness (QED) is 0.503. The summed E-state index contributed by atoms with van der Waals surface area (Å²) in [5.74, 6) is 0.0196. The van der Waals surface area contributed by atoms with Gasteiger partial charge in [0.15, 0.2) is 5.13 Å². The molecule has 5 rings (SSSR count). The number of thiazole rings is 2. The highest BCUT2D eigenvalue weighted by atomic mass is 32.1. The number of amides is 1. The lowest BCUT2D eigenvalue weighted by molar-refractivity contribution is 0.0741. The van der Waals surface area contributed by atoms with Crippen LogP contribution in [-0.4, -0.2) is 51.9 Å². The van der Waals surface area contributed by atoms with Gasteiger partial charge in [0.25, 0.3) is 5.91 Å². The second-order valence-electron chi connectivity index (χ2n) is 6.89. The molecule has 1 fully saturated rings. The summed E-state index contributed by atoms with van der Waals surface area (Å²) in [7, 11) is 0. The number of benzene rings is 1. The van der Waals surface area contributed by atoms with Crippen LogP contribution in [0.2, 0.25) is 0 Å². The summed E-state index contributed by atoms with van der Waals surface area (Å²) in [4.78, 5) is 31.6.